The molecule has 1 fully saturated rings. The van der Waals surface area contributed by atoms with Crippen LogP contribution >= 0.6 is 11.8 Å². The summed E-state index contributed by atoms with van der Waals surface area (Å²) in [4.78, 5) is 11.8. The van der Waals surface area contributed by atoms with E-state index in [1.807, 2.05) is 13.8 Å². The molecule has 6 heteroatoms. The van der Waals surface area contributed by atoms with Gasteiger partial charge in [0.25, 0.3) is 0 Å². The zero-order chi connectivity index (χ0) is 15.1. The molecule has 1 saturated carbocycles. The minimum Gasteiger partial charge on any atom is -0.469 e. The third-order valence-corrected chi connectivity index (χ3v) is 4.49. The van der Waals surface area contributed by atoms with Crippen LogP contribution in [0, 0.1) is 11.3 Å². The highest BCUT2D eigenvalue weighted by molar-refractivity contribution is 8.00. The van der Waals surface area contributed by atoms with E-state index in [9.17, 15) is 18.0 Å². The Morgan fingerprint density at radius 1 is 1.25 bits per heavy atom. The zero-order valence-electron chi connectivity index (χ0n) is 11.3. The summed E-state index contributed by atoms with van der Waals surface area (Å²) in [7, 11) is 1.34. The average molecular weight is 304 g/mol. The summed E-state index contributed by atoms with van der Waals surface area (Å²) in [6, 6.07) is 6.19. The Labute approximate surface area is 119 Å². The molecule has 0 saturated heterocycles. The molecule has 1 aromatic carbocycles. The molecular weight excluding hydrogens is 289 g/mol. The Kier molecular flexibility index (Phi) is 3.79. The molecule has 1 aliphatic rings. The Morgan fingerprint density at radius 2 is 1.80 bits per heavy atom. The lowest BCUT2D eigenvalue weighted by Gasteiger charge is -2.07. The molecule has 0 radical (unpaired) electrons. The van der Waals surface area contributed by atoms with Crippen LogP contribution in [0.1, 0.15) is 25.3 Å². The van der Waals surface area contributed by atoms with Gasteiger partial charge in [-0.05, 0) is 34.9 Å². The third-order valence-electron chi connectivity index (χ3n) is 3.76. The molecule has 110 valence electrons. The summed E-state index contributed by atoms with van der Waals surface area (Å²) in [6.45, 7) is 3.91. The maximum Gasteiger partial charge on any atom is 0.446 e. The van der Waals surface area contributed by atoms with E-state index in [0.717, 1.165) is 5.56 Å². The van der Waals surface area contributed by atoms with Gasteiger partial charge in [0.05, 0.1) is 13.0 Å². The average Bonchev–Trinajstić information content (AvgIpc) is 2.90. The smallest absolute Gasteiger partial charge is 0.446 e. The number of halogens is 3. The zero-order valence-corrected chi connectivity index (χ0v) is 12.1. The van der Waals surface area contributed by atoms with Crippen molar-refractivity contribution in [3.05, 3.63) is 29.8 Å². The first-order valence-electron chi connectivity index (χ1n) is 6.10. The van der Waals surface area contributed by atoms with Gasteiger partial charge in [-0.3, -0.25) is 4.79 Å². The van der Waals surface area contributed by atoms with Gasteiger partial charge in [-0.2, -0.15) is 13.2 Å². The van der Waals surface area contributed by atoms with Crippen molar-refractivity contribution in [1.82, 2.24) is 0 Å². The van der Waals surface area contributed by atoms with E-state index >= 15 is 0 Å². The highest BCUT2D eigenvalue weighted by Gasteiger charge is 2.63. The van der Waals surface area contributed by atoms with Crippen LogP contribution in [-0.4, -0.2) is 18.6 Å². The lowest BCUT2D eigenvalue weighted by molar-refractivity contribution is -0.143. The second-order valence-electron chi connectivity index (χ2n) is 5.42. The molecule has 2 atom stereocenters. The fourth-order valence-electron chi connectivity index (χ4n) is 2.70. The van der Waals surface area contributed by atoms with Gasteiger partial charge in [0, 0.05) is 10.8 Å². The summed E-state index contributed by atoms with van der Waals surface area (Å²) in [5, 5.41) is 0. The van der Waals surface area contributed by atoms with Crippen molar-refractivity contribution < 1.29 is 22.7 Å². The van der Waals surface area contributed by atoms with E-state index in [0.29, 0.717) is 0 Å². The molecule has 0 N–H and O–H groups in total. The van der Waals surface area contributed by atoms with Crippen molar-refractivity contribution >= 4 is 17.7 Å². The predicted molar refractivity (Wildman–Crippen MR) is 70.4 cm³/mol. The number of methoxy groups -OCH3 is 1. The second kappa shape index (κ2) is 4.98. The molecule has 0 amide bonds. The molecule has 2 nitrogen and oxygen atoms in total. The van der Waals surface area contributed by atoms with Crippen molar-refractivity contribution in [2.24, 2.45) is 11.3 Å². The van der Waals surface area contributed by atoms with Gasteiger partial charge in [0.1, 0.15) is 0 Å². The van der Waals surface area contributed by atoms with Crippen molar-refractivity contribution in [2.75, 3.05) is 7.11 Å². The van der Waals surface area contributed by atoms with Gasteiger partial charge in [-0.25, -0.2) is 0 Å². The van der Waals surface area contributed by atoms with E-state index in [-0.39, 0.29) is 39.9 Å². The molecule has 0 bridgehead atoms. The summed E-state index contributed by atoms with van der Waals surface area (Å²) in [6.07, 6.45) is 0. The number of benzene rings is 1. The number of carbonyl (C=O) groups excluding carboxylic acids is 1. The van der Waals surface area contributed by atoms with Crippen LogP contribution in [0.25, 0.3) is 0 Å². The van der Waals surface area contributed by atoms with E-state index in [4.69, 9.17) is 4.74 Å². The molecule has 20 heavy (non-hydrogen) atoms. The Balaban J connectivity index is 2.14. The molecule has 0 heterocycles. The minimum absolute atomic E-state index is 0.000105. The normalized spacial score (nSPS) is 24.3. The number of esters is 1. The molecule has 0 aromatic heterocycles. The van der Waals surface area contributed by atoms with Gasteiger partial charge >= 0.3 is 11.5 Å². The van der Waals surface area contributed by atoms with Gasteiger partial charge in [0.2, 0.25) is 0 Å². The maximum absolute atomic E-state index is 12.3. The number of alkyl halides is 3. The number of thioether (sulfide) groups is 1. The first kappa shape index (κ1) is 15.2. The lowest BCUT2D eigenvalue weighted by Crippen LogP contribution is -2.07. The van der Waals surface area contributed by atoms with Crippen LogP contribution in [0.3, 0.4) is 0 Å². The monoisotopic (exact) mass is 304 g/mol. The first-order valence-corrected chi connectivity index (χ1v) is 6.92. The third kappa shape index (κ3) is 2.95. The molecule has 1 aliphatic carbocycles. The minimum atomic E-state index is -4.28. The maximum atomic E-state index is 12.3. The number of carbonyl (C=O) groups is 1. The highest BCUT2D eigenvalue weighted by Crippen LogP contribution is 2.64. The summed E-state index contributed by atoms with van der Waals surface area (Å²) >= 11 is -0.139. The molecule has 0 spiro atoms. The van der Waals surface area contributed by atoms with Gasteiger partial charge < -0.3 is 4.74 Å². The highest BCUT2D eigenvalue weighted by atomic mass is 32.2. The summed E-state index contributed by atoms with van der Waals surface area (Å²) in [5.74, 6) is -0.498. The Hall–Kier alpha value is -1.17. The van der Waals surface area contributed by atoms with Crippen LogP contribution in [0.4, 0.5) is 13.2 Å². The van der Waals surface area contributed by atoms with Crippen LogP contribution < -0.4 is 0 Å². The number of hydrogen-bond acceptors (Lipinski definition) is 3. The van der Waals surface area contributed by atoms with Gasteiger partial charge in [0.15, 0.2) is 0 Å². The van der Waals surface area contributed by atoms with Gasteiger partial charge in [-0.1, -0.05) is 26.0 Å². The SMILES string of the molecule is COC(=O)C1C(c2ccc(SC(F)(F)F)cc2)C1(C)C. The van der Waals surface area contributed by atoms with Crippen molar-refractivity contribution in [1.29, 1.82) is 0 Å². The second-order valence-corrected chi connectivity index (χ2v) is 6.56. The van der Waals surface area contributed by atoms with Crippen LogP contribution in [0.5, 0.6) is 0 Å². The summed E-state index contributed by atoms with van der Waals surface area (Å²) in [5.41, 5.74) is -3.63. The Bertz CT molecular complexity index is 508. The standard InChI is InChI=1S/C14H15F3O2S/c1-13(2)10(11(13)12(18)19-3)8-4-6-9(7-5-8)20-14(15,16)17/h4-7,10-11H,1-3H3. The van der Waals surface area contributed by atoms with E-state index < -0.39 is 5.51 Å². The van der Waals surface area contributed by atoms with E-state index in [2.05, 4.69) is 0 Å². The number of hydrogen-bond donors (Lipinski definition) is 0. The fraction of sp³-hybridized carbons (Fsp3) is 0.500. The quantitative estimate of drug-likeness (QED) is 0.618. The van der Waals surface area contributed by atoms with Gasteiger partial charge in [-0.15, -0.1) is 0 Å². The van der Waals surface area contributed by atoms with Crippen molar-refractivity contribution in [2.45, 2.75) is 30.2 Å². The number of ether oxygens (including phenoxy) is 1. The lowest BCUT2D eigenvalue weighted by atomic mass is 10.0. The molecule has 1 aromatic rings. The Morgan fingerprint density at radius 3 is 2.25 bits per heavy atom. The molecule has 2 rings (SSSR count). The molecular formula is C14H15F3O2S. The largest absolute Gasteiger partial charge is 0.469 e. The van der Waals surface area contributed by atoms with E-state index in [1.165, 1.54) is 19.2 Å². The topological polar surface area (TPSA) is 26.3 Å². The van der Waals surface area contributed by atoms with Crippen LogP contribution in [0.15, 0.2) is 29.2 Å². The fourth-order valence-corrected chi connectivity index (χ4v) is 3.24. The van der Waals surface area contributed by atoms with Crippen LogP contribution in [0.2, 0.25) is 0 Å². The molecule has 0 aliphatic heterocycles. The predicted octanol–water partition coefficient (Wildman–Crippen LogP) is 4.21. The first-order chi connectivity index (χ1) is 9.16. The van der Waals surface area contributed by atoms with Crippen molar-refractivity contribution in [3.8, 4) is 0 Å². The van der Waals surface area contributed by atoms with E-state index in [1.54, 1.807) is 12.1 Å². The molecule has 2 unspecified atom stereocenters. The summed E-state index contributed by atoms with van der Waals surface area (Å²) < 4.78 is 41.5. The van der Waals surface area contributed by atoms with Crippen molar-refractivity contribution in [3.63, 3.8) is 0 Å². The number of rotatable bonds is 3. The van der Waals surface area contributed by atoms with Crippen LogP contribution in [-0.2, 0) is 9.53 Å².